The van der Waals surface area contributed by atoms with E-state index in [2.05, 4.69) is 10.2 Å². The molecule has 0 bridgehead atoms. The van der Waals surface area contributed by atoms with Gasteiger partial charge in [-0.05, 0) is 44.5 Å². The third-order valence-corrected chi connectivity index (χ3v) is 2.83. The van der Waals surface area contributed by atoms with Gasteiger partial charge in [-0.15, -0.1) is 0 Å². The highest BCUT2D eigenvalue weighted by Crippen LogP contribution is 2.29. The van der Waals surface area contributed by atoms with E-state index in [1.54, 1.807) is 6.07 Å². The molecule has 1 heterocycles. The number of aromatic amines is 1. The molecule has 0 atom stereocenters. The van der Waals surface area contributed by atoms with Gasteiger partial charge in [-0.3, -0.25) is 5.10 Å². The number of aromatic carboxylic acids is 1. The Hall–Kier alpha value is -2.50. The molecule has 106 valence electrons. The number of ether oxygens (including phenoxy) is 1. The van der Waals surface area contributed by atoms with Crippen molar-refractivity contribution in [2.24, 2.45) is 0 Å². The van der Waals surface area contributed by atoms with Gasteiger partial charge in [0.05, 0.1) is 11.8 Å². The minimum atomic E-state index is -1.11. The van der Waals surface area contributed by atoms with Crippen LogP contribution in [0.15, 0.2) is 18.2 Å². The molecule has 6 heteroatoms. The van der Waals surface area contributed by atoms with Gasteiger partial charge in [0.15, 0.2) is 5.82 Å². The van der Waals surface area contributed by atoms with Gasteiger partial charge in [0.2, 0.25) is 0 Å². The van der Waals surface area contributed by atoms with Gasteiger partial charge < -0.3 is 15.6 Å². The fraction of sp³-hybridized carbons (Fsp3) is 0.286. The lowest BCUT2D eigenvalue weighted by atomic mass is 10.0. The Balaban J connectivity index is 2.45. The van der Waals surface area contributed by atoms with Crippen LogP contribution in [-0.2, 0) is 0 Å². The van der Waals surface area contributed by atoms with Crippen LogP contribution in [0, 0.1) is 6.92 Å². The summed E-state index contributed by atoms with van der Waals surface area (Å²) in [6.07, 6.45) is 0.0805. The Morgan fingerprint density at radius 3 is 2.70 bits per heavy atom. The Kier molecular flexibility index (Phi) is 3.65. The first-order chi connectivity index (χ1) is 9.40. The first-order valence-electron chi connectivity index (χ1n) is 6.25. The van der Waals surface area contributed by atoms with E-state index >= 15 is 0 Å². The lowest BCUT2D eigenvalue weighted by Crippen LogP contribution is -2.06. The predicted molar refractivity (Wildman–Crippen MR) is 75.9 cm³/mol. The molecule has 6 nitrogen and oxygen atoms in total. The molecule has 0 saturated heterocycles. The molecule has 1 aromatic heterocycles. The summed E-state index contributed by atoms with van der Waals surface area (Å²) in [6.45, 7) is 5.80. The molecule has 2 rings (SSSR count). The second-order valence-corrected chi connectivity index (χ2v) is 4.81. The largest absolute Gasteiger partial charge is 0.491 e. The summed E-state index contributed by atoms with van der Waals surface area (Å²) in [6, 6.07) is 5.44. The van der Waals surface area contributed by atoms with Crippen molar-refractivity contribution >= 4 is 11.8 Å². The van der Waals surface area contributed by atoms with Crippen LogP contribution >= 0.6 is 0 Å². The number of benzene rings is 1. The van der Waals surface area contributed by atoms with Crippen molar-refractivity contribution in [3.63, 3.8) is 0 Å². The van der Waals surface area contributed by atoms with Crippen LogP contribution in [0.1, 0.15) is 29.8 Å². The van der Waals surface area contributed by atoms with Crippen molar-refractivity contribution in [2.75, 3.05) is 5.73 Å². The van der Waals surface area contributed by atoms with Gasteiger partial charge in [-0.2, -0.15) is 5.10 Å². The third-order valence-electron chi connectivity index (χ3n) is 2.83. The number of carbonyl (C=O) groups is 1. The molecular weight excluding hydrogens is 258 g/mol. The van der Waals surface area contributed by atoms with Crippen molar-refractivity contribution in [1.29, 1.82) is 0 Å². The van der Waals surface area contributed by atoms with Crippen molar-refractivity contribution < 1.29 is 14.6 Å². The average Bonchev–Trinajstić information content (AvgIpc) is 2.73. The van der Waals surface area contributed by atoms with E-state index in [9.17, 15) is 9.90 Å². The van der Waals surface area contributed by atoms with Crippen molar-refractivity contribution in [3.8, 4) is 17.0 Å². The number of nitrogen functional groups attached to an aromatic ring is 1. The zero-order chi connectivity index (χ0) is 14.9. The van der Waals surface area contributed by atoms with E-state index in [-0.39, 0.29) is 17.5 Å². The summed E-state index contributed by atoms with van der Waals surface area (Å²) in [7, 11) is 0. The van der Waals surface area contributed by atoms with E-state index in [0.717, 1.165) is 11.3 Å². The molecule has 0 radical (unpaired) electrons. The van der Waals surface area contributed by atoms with Gasteiger partial charge >= 0.3 is 5.97 Å². The third kappa shape index (κ3) is 2.59. The van der Waals surface area contributed by atoms with Gasteiger partial charge in [0, 0.05) is 5.56 Å². The number of carboxylic acid groups (broad SMARTS) is 1. The molecule has 0 unspecified atom stereocenters. The summed E-state index contributed by atoms with van der Waals surface area (Å²) in [5.41, 5.74) is 7.58. The van der Waals surface area contributed by atoms with Gasteiger partial charge in [-0.1, -0.05) is 0 Å². The maximum absolute atomic E-state index is 11.2. The molecule has 0 saturated carbocycles. The predicted octanol–water partition coefficient (Wildman–Crippen LogP) is 2.45. The zero-order valence-electron chi connectivity index (χ0n) is 11.6. The van der Waals surface area contributed by atoms with Crippen molar-refractivity contribution in [2.45, 2.75) is 26.9 Å². The molecule has 0 aliphatic carbocycles. The monoisotopic (exact) mass is 275 g/mol. The number of nitrogens with zero attached hydrogens (tertiary/aromatic N) is 1. The number of nitrogens with one attached hydrogen (secondary N) is 1. The standard InChI is InChI=1S/C14H17N3O3/c1-7(2)20-10-5-4-9(6-8(10)3)12-11(14(18)19)13(15)17-16-12/h4-7H,1-3H3,(H,18,19)(H3,15,16,17). The molecule has 0 fully saturated rings. The number of nitrogens with two attached hydrogens (primary N) is 1. The van der Waals surface area contributed by atoms with Gasteiger partial charge in [-0.25, -0.2) is 4.79 Å². The number of aryl methyl sites for hydroxylation is 1. The van der Waals surface area contributed by atoms with Crippen LogP contribution in [0.5, 0.6) is 5.75 Å². The number of hydrogen-bond acceptors (Lipinski definition) is 4. The Bertz CT molecular complexity index is 647. The fourth-order valence-electron chi connectivity index (χ4n) is 1.97. The van der Waals surface area contributed by atoms with Gasteiger partial charge in [0.25, 0.3) is 0 Å². The van der Waals surface area contributed by atoms with E-state index in [4.69, 9.17) is 10.5 Å². The molecule has 0 amide bonds. The number of aromatic nitrogens is 2. The lowest BCUT2D eigenvalue weighted by Gasteiger charge is -2.13. The van der Waals surface area contributed by atoms with Crippen molar-refractivity contribution in [3.05, 3.63) is 29.3 Å². The normalized spacial score (nSPS) is 10.8. The van der Waals surface area contributed by atoms with Crippen LogP contribution in [-0.4, -0.2) is 27.4 Å². The molecule has 0 aliphatic heterocycles. The highest BCUT2D eigenvalue weighted by atomic mass is 16.5. The van der Waals surface area contributed by atoms with E-state index in [0.29, 0.717) is 11.3 Å². The minimum Gasteiger partial charge on any atom is -0.491 e. The molecule has 0 spiro atoms. The average molecular weight is 275 g/mol. The number of rotatable bonds is 4. The maximum Gasteiger partial charge on any atom is 0.341 e. The zero-order valence-corrected chi connectivity index (χ0v) is 11.6. The first-order valence-corrected chi connectivity index (χ1v) is 6.25. The Morgan fingerprint density at radius 2 is 2.15 bits per heavy atom. The number of carboxylic acids is 1. The Labute approximate surface area is 116 Å². The second-order valence-electron chi connectivity index (χ2n) is 4.81. The summed E-state index contributed by atoms with van der Waals surface area (Å²) < 4.78 is 5.65. The summed E-state index contributed by atoms with van der Waals surface area (Å²) in [5, 5.41) is 15.6. The molecular formula is C14H17N3O3. The quantitative estimate of drug-likeness (QED) is 0.795. The van der Waals surface area contributed by atoms with Crippen LogP contribution in [0.3, 0.4) is 0 Å². The van der Waals surface area contributed by atoms with Crippen LogP contribution in [0.2, 0.25) is 0 Å². The SMILES string of the molecule is Cc1cc(-c2[nH]nc(N)c2C(=O)O)ccc1OC(C)C. The van der Waals surface area contributed by atoms with E-state index in [1.165, 1.54) is 0 Å². The molecule has 20 heavy (non-hydrogen) atoms. The highest BCUT2D eigenvalue weighted by molar-refractivity contribution is 5.99. The van der Waals surface area contributed by atoms with E-state index < -0.39 is 5.97 Å². The van der Waals surface area contributed by atoms with Crippen LogP contribution < -0.4 is 10.5 Å². The summed E-state index contributed by atoms with van der Waals surface area (Å²) in [4.78, 5) is 11.2. The molecule has 1 aromatic carbocycles. The number of H-pyrrole nitrogens is 1. The first kappa shape index (κ1) is 13.9. The topological polar surface area (TPSA) is 101 Å². The van der Waals surface area contributed by atoms with Crippen LogP contribution in [0.25, 0.3) is 11.3 Å². The summed E-state index contributed by atoms with van der Waals surface area (Å²) in [5.74, 6) is -0.354. The molecule has 2 aromatic rings. The number of hydrogen-bond donors (Lipinski definition) is 3. The van der Waals surface area contributed by atoms with Crippen LogP contribution in [0.4, 0.5) is 5.82 Å². The smallest absolute Gasteiger partial charge is 0.341 e. The Morgan fingerprint density at radius 1 is 1.45 bits per heavy atom. The maximum atomic E-state index is 11.2. The summed E-state index contributed by atoms with van der Waals surface area (Å²) >= 11 is 0. The lowest BCUT2D eigenvalue weighted by molar-refractivity contribution is 0.0699. The second kappa shape index (κ2) is 5.24. The fourth-order valence-corrected chi connectivity index (χ4v) is 1.97. The van der Waals surface area contributed by atoms with Gasteiger partial charge in [0.1, 0.15) is 11.3 Å². The number of anilines is 1. The minimum absolute atomic E-state index is 0.0121. The van der Waals surface area contributed by atoms with E-state index in [1.807, 2.05) is 32.9 Å². The highest BCUT2D eigenvalue weighted by Gasteiger charge is 2.19. The van der Waals surface area contributed by atoms with Crippen molar-refractivity contribution in [1.82, 2.24) is 10.2 Å². The molecule has 4 N–H and O–H groups in total. The molecule has 0 aliphatic rings.